The number of amides is 1. The molecule has 1 aromatic heterocycles. The zero-order valence-corrected chi connectivity index (χ0v) is 19.1. The number of anilines is 1. The fourth-order valence-electron chi connectivity index (χ4n) is 2.95. The van der Waals surface area contributed by atoms with Crippen LogP contribution in [0.2, 0.25) is 0 Å². The molecule has 1 aliphatic heterocycles. The molecule has 2 aromatic rings. The van der Waals surface area contributed by atoms with Gasteiger partial charge in [0, 0.05) is 48.4 Å². The molecule has 0 atom stereocenters. The minimum atomic E-state index is -0.0452. The van der Waals surface area contributed by atoms with E-state index in [9.17, 15) is 4.79 Å². The molecule has 28 heavy (non-hydrogen) atoms. The van der Waals surface area contributed by atoms with Crippen LogP contribution in [0.3, 0.4) is 0 Å². The molecular weight excluding hydrogens is 390 g/mol. The summed E-state index contributed by atoms with van der Waals surface area (Å²) in [7, 11) is 2.12. The van der Waals surface area contributed by atoms with Crippen LogP contribution in [-0.4, -0.2) is 63.4 Å². The van der Waals surface area contributed by atoms with E-state index in [4.69, 9.17) is 4.98 Å². The molecule has 1 amide bonds. The summed E-state index contributed by atoms with van der Waals surface area (Å²) in [6, 6.07) is 4.12. The topological polar surface area (TPSA) is 64.3 Å². The summed E-state index contributed by atoms with van der Waals surface area (Å²) in [5, 5.41) is 3.09. The quantitative estimate of drug-likeness (QED) is 0.535. The van der Waals surface area contributed by atoms with Gasteiger partial charge in [0.15, 0.2) is 0 Å². The van der Waals surface area contributed by atoms with Crippen LogP contribution in [0.5, 0.6) is 0 Å². The first-order chi connectivity index (χ1) is 13.3. The van der Waals surface area contributed by atoms with Gasteiger partial charge in [-0.25, -0.2) is 9.29 Å². The molecule has 0 radical (unpaired) electrons. The number of hydrogen-bond donors (Lipinski definition) is 2. The monoisotopic (exact) mass is 421 g/mol. The maximum Gasteiger partial charge on any atom is 0.298 e. The van der Waals surface area contributed by atoms with Gasteiger partial charge < -0.3 is 15.2 Å². The van der Waals surface area contributed by atoms with Crippen molar-refractivity contribution < 1.29 is 4.79 Å². The number of aromatic nitrogens is 2. The molecule has 6 nitrogen and oxygen atoms in total. The molecule has 1 aliphatic rings. The van der Waals surface area contributed by atoms with Crippen LogP contribution >= 0.6 is 23.7 Å². The van der Waals surface area contributed by atoms with Crippen molar-refractivity contribution in [2.24, 2.45) is 0 Å². The van der Waals surface area contributed by atoms with E-state index in [0.29, 0.717) is 0 Å². The highest BCUT2D eigenvalue weighted by molar-refractivity contribution is 8.11. The van der Waals surface area contributed by atoms with E-state index in [2.05, 4.69) is 60.3 Å². The largest absolute Gasteiger partial charge is 0.341 e. The minimum Gasteiger partial charge on any atom is -0.341 e. The number of piperazine rings is 1. The predicted molar refractivity (Wildman–Crippen MR) is 121 cm³/mol. The summed E-state index contributed by atoms with van der Waals surface area (Å²) in [5.41, 5.74) is 2.73. The van der Waals surface area contributed by atoms with Gasteiger partial charge in [-0.2, -0.15) is 0 Å². The van der Waals surface area contributed by atoms with Crippen molar-refractivity contribution in [3.05, 3.63) is 18.0 Å². The molecule has 0 aliphatic carbocycles. The van der Waals surface area contributed by atoms with E-state index < -0.39 is 0 Å². The van der Waals surface area contributed by atoms with Gasteiger partial charge in [-0.15, -0.1) is 11.8 Å². The molecule has 154 valence electrons. The number of benzene rings is 1. The number of nitrogens with one attached hydrogen (secondary N) is 2. The third kappa shape index (κ3) is 5.43. The Morgan fingerprint density at radius 1 is 1.25 bits per heavy atom. The number of thioether (sulfide) groups is 1. The zero-order valence-electron chi connectivity index (χ0n) is 17.5. The fraction of sp³-hybridized carbons (Fsp3) is 0.600. The van der Waals surface area contributed by atoms with Crippen molar-refractivity contribution in [2.45, 2.75) is 44.4 Å². The van der Waals surface area contributed by atoms with Crippen LogP contribution in [0.4, 0.5) is 10.5 Å². The summed E-state index contributed by atoms with van der Waals surface area (Å²) < 4.78 is 2.14. The fourth-order valence-corrected chi connectivity index (χ4v) is 4.57. The Kier molecular flexibility index (Phi) is 6.96. The lowest BCUT2D eigenvalue weighted by Gasteiger charge is -2.30. The number of H-pyrrole nitrogens is 1. The SMILES string of the molecule is CCCSc1cc2nc(C(C)(C)C)[nH]c2cc1NC(=O)SN1CCN(C)CC1. The van der Waals surface area contributed by atoms with Crippen molar-refractivity contribution in [3.8, 4) is 0 Å². The summed E-state index contributed by atoms with van der Waals surface area (Å²) in [6.45, 7) is 12.4. The molecule has 1 saturated heterocycles. The van der Waals surface area contributed by atoms with Gasteiger partial charge in [0.05, 0.1) is 16.7 Å². The number of nitrogens with zero attached hydrogens (tertiary/aromatic N) is 3. The molecule has 0 unspecified atom stereocenters. The smallest absolute Gasteiger partial charge is 0.298 e. The van der Waals surface area contributed by atoms with Crippen LogP contribution in [-0.2, 0) is 5.41 Å². The van der Waals surface area contributed by atoms with Crippen molar-refractivity contribution >= 4 is 45.7 Å². The number of imidazole rings is 1. The minimum absolute atomic E-state index is 0.0298. The van der Waals surface area contributed by atoms with Gasteiger partial charge in [0.25, 0.3) is 5.24 Å². The molecule has 2 heterocycles. The van der Waals surface area contributed by atoms with Crippen molar-refractivity contribution in [2.75, 3.05) is 44.3 Å². The van der Waals surface area contributed by atoms with Gasteiger partial charge in [-0.1, -0.05) is 27.7 Å². The molecule has 0 spiro atoms. The Labute approximate surface area is 176 Å². The first-order valence-corrected chi connectivity index (χ1v) is 11.6. The van der Waals surface area contributed by atoms with Crippen molar-refractivity contribution in [1.29, 1.82) is 0 Å². The van der Waals surface area contributed by atoms with Crippen molar-refractivity contribution in [1.82, 2.24) is 19.2 Å². The Balaban J connectivity index is 1.79. The standard InChI is InChI=1S/C20H31N5OS2/c1-6-11-27-17-13-15-14(21-18(22-15)20(2,3)4)12-16(17)23-19(26)28-25-9-7-24(5)8-10-25/h12-13H,6-11H2,1-5H3,(H,21,22)(H,23,26). The first-order valence-electron chi connectivity index (χ1n) is 9.85. The Morgan fingerprint density at radius 2 is 1.96 bits per heavy atom. The molecule has 0 bridgehead atoms. The Morgan fingerprint density at radius 3 is 2.61 bits per heavy atom. The summed E-state index contributed by atoms with van der Waals surface area (Å²) >= 11 is 3.06. The highest BCUT2D eigenvalue weighted by atomic mass is 32.2. The number of carbonyl (C=O) groups excluding carboxylic acids is 1. The highest BCUT2D eigenvalue weighted by Crippen LogP contribution is 2.34. The second-order valence-corrected chi connectivity index (χ2v) is 10.5. The van der Waals surface area contributed by atoms with Crippen LogP contribution in [0.25, 0.3) is 11.0 Å². The molecular formula is C20H31N5OS2. The van der Waals surface area contributed by atoms with Gasteiger partial charge in [0.2, 0.25) is 0 Å². The van der Waals surface area contributed by atoms with Gasteiger partial charge >= 0.3 is 0 Å². The third-order valence-corrected chi connectivity index (χ3v) is 6.82. The summed E-state index contributed by atoms with van der Waals surface area (Å²) in [4.78, 5) is 24.2. The number of hydrogen-bond acceptors (Lipinski definition) is 6. The maximum atomic E-state index is 12.7. The average molecular weight is 422 g/mol. The molecule has 3 rings (SSSR count). The lowest BCUT2D eigenvalue weighted by molar-refractivity contribution is 0.232. The number of carbonyl (C=O) groups is 1. The van der Waals surface area contributed by atoms with Gasteiger partial charge in [-0.3, -0.25) is 4.79 Å². The number of rotatable bonds is 5. The molecule has 8 heteroatoms. The molecule has 0 saturated carbocycles. The average Bonchev–Trinajstić information content (AvgIpc) is 3.05. The van der Waals surface area contributed by atoms with Crippen LogP contribution in [0, 0.1) is 0 Å². The Hall–Kier alpha value is -1.22. The molecule has 1 fully saturated rings. The molecule has 2 N–H and O–H groups in total. The van der Waals surface area contributed by atoms with Gasteiger partial charge in [-0.05, 0) is 31.4 Å². The lowest BCUT2D eigenvalue weighted by Crippen LogP contribution is -2.41. The van der Waals surface area contributed by atoms with Crippen LogP contribution in [0.1, 0.15) is 39.9 Å². The van der Waals surface area contributed by atoms with E-state index in [1.807, 2.05) is 6.07 Å². The number of aromatic amines is 1. The first kappa shape index (κ1) is 21.5. The second kappa shape index (κ2) is 9.07. The maximum absolute atomic E-state index is 12.7. The van der Waals surface area contributed by atoms with E-state index in [-0.39, 0.29) is 10.7 Å². The van der Waals surface area contributed by atoms with E-state index in [1.54, 1.807) is 11.8 Å². The van der Waals surface area contributed by atoms with E-state index >= 15 is 0 Å². The summed E-state index contributed by atoms with van der Waals surface area (Å²) in [6.07, 6.45) is 1.08. The predicted octanol–water partition coefficient (Wildman–Crippen LogP) is 4.79. The van der Waals surface area contributed by atoms with E-state index in [0.717, 1.165) is 65.8 Å². The highest BCUT2D eigenvalue weighted by Gasteiger charge is 2.21. The van der Waals surface area contributed by atoms with Crippen LogP contribution in [0.15, 0.2) is 17.0 Å². The van der Waals surface area contributed by atoms with Gasteiger partial charge in [0.1, 0.15) is 5.82 Å². The zero-order chi connectivity index (χ0) is 20.3. The summed E-state index contributed by atoms with van der Waals surface area (Å²) in [5.74, 6) is 1.97. The Bertz CT molecular complexity index is 822. The third-order valence-electron chi connectivity index (χ3n) is 4.67. The van der Waals surface area contributed by atoms with E-state index in [1.165, 1.54) is 11.9 Å². The van der Waals surface area contributed by atoms with Crippen LogP contribution < -0.4 is 5.32 Å². The lowest BCUT2D eigenvalue weighted by atomic mass is 9.96. The number of fused-ring (bicyclic) bond motifs is 1. The second-order valence-electron chi connectivity index (χ2n) is 8.29. The normalized spacial score (nSPS) is 16.6. The number of likely N-dealkylation sites (N-methyl/N-ethyl adjacent to an activating group) is 1. The molecule has 1 aromatic carbocycles. The van der Waals surface area contributed by atoms with Crippen molar-refractivity contribution in [3.63, 3.8) is 0 Å².